The second kappa shape index (κ2) is 4.18. The average molecular weight is 257 g/mol. The number of nitrogens with zero attached hydrogens (tertiary/aromatic N) is 1. The number of ether oxygens (including phenoxy) is 1. The van der Waals surface area contributed by atoms with Crippen LogP contribution in [0.5, 0.6) is 0 Å². The second-order valence-corrected chi connectivity index (χ2v) is 5.12. The Labute approximate surface area is 105 Å². The summed E-state index contributed by atoms with van der Waals surface area (Å²) in [4.78, 5) is 25.6. The van der Waals surface area contributed by atoms with Crippen molar-refractivity contribution in [2.45, 2.75) is 44.6 Å². The Hall–Kier alpha value is -1.18. The van der Waals surface area contributed by atoms with Crippen molar-refractivity contribution in [1.29, 1.82) is 0 Å². The molecule has 2 aliphatic rings. The van der Waals surface area contributed by atoms with Crippen molar-refractivity contribution in [3.05, 3.63) is 0 Å². The smallest absolute Gasteiger partial charge is 0.276 e. The predicted octanol–water partition coefficient (Wildman–Crippen LogP) is -0.940. The zero-order valence-electron chi connectivity index (χ0n) is 10.6. The lowest BCUT2D eigenvalue weighted by molar-refractivity contribution is -0.286. The number of carbonyl (C=O) groups excluding carboxylic acids is 2. The van der Waals surface area contributed by atoms with E-state index in [9.17, 15) is 14.7 Å². The van der Waals surface area contributed by atoms with Crippen molar-refractivity contribution in [3.8, 4) is 0 Å². The van der Waals surface area contributed by atoms with E-state index >= 15 is 0 Å². The first kappa shape index (κ1) is 13.3. The number of fused-ring (bicyclic) bond motifs is 1. The van der Waals surface area contributed by atoms with Crippen LogP contribution in [0.1, 0.15) is 33.1 Å². The highest BCUT2D eigenvalue weighted by molar-refractivity contribution is 6.10. The van der Waals surface area contributed by atoms with Gasteiger partial charge in [0, 0.05) is 18.9 Å². The number of rotatable bonds is 2. The fourth-order valence-electron chi connectivity index (χ4n) is 2.68. The van der Waals surface area contributed by atoms with Gasteiger partial charge in [0.15, 0.2) is 0 Å². The molecular weight excluding hydrogens is 238 g/mol. The van der Waals surface area contributed by atoms with Crippen molar-refractivity contribution < 1.29 is 19.4 Å². The molecule has 4 N–H and O–H groups in total. The number of piperidine rings is 1. The molecule has 2 fully saturated rings. The Bertz CT molecular complexity index is 386. The number of hydrogen-bond donors (Lipinski definition) is 3. The Balaban J connectivity index is 2.44. The van der Waals surface area contributed by atoms with Crippen LogP contribution < -0.4 is 11.3 Å². The maximum atomic E-state index is 12.4. The van der Waals surface area contributed by atoms with Crippen LogP contribution in [-0.2, 0) is 14.3 Å². The van der Waals surface area contributed by atoms with E-state index in [0.29, 0.717) is 13.0 Å². The number of aliphatic hydroxyl groups is 1. The van der Waals surface area contributed by atoms with Gasteiger partial charge in [0.2, 0.25) is 5.60 Å². The van der Waals surface area contributed by atoms with Crippen molar-refractivity contribution in [1.82, 2.24) is 10.3 Å². The number of hydrogen-bond acceptors (Lipinski definition) is 5. The van der Waals surface area contributed by atoms with Gasteiger partial charge in [0.25, 0.3) is 17.7 Å². The lowest BCUT2D eigenvalue weighted by atomic mass is 9.88. The molecule has 2 rings (SSSR count). The van der Waals surface area contributed by atoms with Gasteiger partial charge >= 0.3 is 0 Å². The van der Waals surface area contributed by atoms with Crippen LogP contribution in [0.15, 0.2) is 0 Å². The normalized spacial score (nSPS) is 35.8. The van der Waals surface area contributed by atoms with Gasteiger partial charge in [-0.1, -0.05) is 13.8 Å². The molecule has 0 spiro atoms. The van der Waals surface area contributed by atoms with Gasteiger partial charge in [0.1, 0.15) is 0 Å². The molecule has 7 heteroatoms. The lowest BCUT2D eigenvalue weighted by Gasteiger charge is -2.35. The molecule has 2 amide bonds. The molecule has 0 bridgehead atoms. The largest absolute Gasteiger partial charge is 0.349 e. The summed E-state index contributed by atoms with van der Waals surface area (Å²) in [6.45, 7) is 3.77. The maximum Gasteiger partial charge on any atom is 0.276 e. The third-order valence-electron chi connectivity index (χ3n) is 3.72. The Kier molecular flexibility index (Phi) is 3.08. The highest BCUT2D eigenvalue weighted by Gasteiger charge is 2.66. The van der Waals surface area contributed by atoms with Crippen LogP contribution in [0.4, 0.5) is 0 Å². The fraction of sp³-hybridized carbons (Fsp3) is 0.818. The quantitative estimate of drug-likeness (QED) is 0.256. The zero-order valence-corrected chi connectivity index (χ0v) is 10.6. The maximum absolute atomic E-state index is 12.4. The predicted molar refractivity (Wildman–Crippen MR) is 61.5 cm³/mol. The zero-order chi connectivity index (χ0) is 13.6. The van der Waals surface area contributed by atoms with Crippen LogP contribution in [0, 0.1) is 5.92 Å². The standard InChI is InChI=1S/C11H19N3O4/c1-7(2)11(8(15)13-12)9(16)14-6-4-3-5-10(14,17)18-11/h7,17H,3-6,12H2,1-2H3,(H,13,15). The highest BCUT2D eigenvalue weighted by Crippen LogP contribution is 2.43. The van der Waals surface area contributed by atoms with E-state index in [4.69, 9.17) is 10.6 Å². The molecule has 18 heavy (non-hydrogen) atoms. The summed E-state index contributed by atoms with van der Waals surface area (Å²) in [6, 6.07) is 0. The van der Waals surface area contributed by atoms with Gasteiger partial charge < -0.3 is 9.84 Å². The summed E-state index contributed by atoms with van der Waals surface area (Å²) in [6.07, 6.45) is 1.85. The molecule has 0 radical (unpaired) electrons. The van der Waals surface area contributed by atoms with Gasteiger partial charge in [-0.05, 0) is 12.8 Å². The number of carbonyl (C=O) groups is 2. The van der Waals surface area contributed by atoms with Gasteiger partial charge in [0.05, 0.1) is 0 Å². The SMILES string of the molecule is CC(C)C1(C(=O)NN)OC2(O)CCCCN2C1=O. The summed E-state index contributed by atoms with van der Waals surface area (Å²) in [7, 11) is 0. The number of nitrogens with one attached hydrogen (secondary N) is 1. The summed E-state index contributed by atoms with van der Waals surface area (Å²) in [5.74, 6) is 1.81. The van der Waals surface area contributed by atoms with E-state index in [1.54, 1.807) is 13.8 Å². The molecule has 0 aromatic rings. The van der Waals surface area contributed by atoms with Gasteiger partial charge in [-0.25, -0.2) is 5.84 Å². The van der Waals surface area contributed by atoms with Gasteiger partial charge in [-0.3, -0.25) is 19.9 Å². The first-order chi connectivity index (χ1) is 8.38. The van der Waals surface area contributed by atoms with E-state index in [1.165, 1.54) is 4.90 Å². The third kappa shape index (κ3) is 1.54. The monoisotopic (exact) mass is 257 g/mol. The molecule has 2 aliphatic heterocycles. The molecule has 0 aromatic carbocycles. The van der Waals surface area contributed by atoms with E-state index in [1.807, 2.05) is 5.43 Å². The highest BCUT2D eigenvalue weighted by atomic mass is 16.7. The average Bonchev–Trinajstić information content (AvgIpc) is 2.58. The Morgan fingerprint density at radius 2 is 2.22 bits per heavy atom. The summed E-state index contributed by atoms with van der Waals surface area (Å²) >= 11 is 0. The number of amides is 2. The fourth-order valence-corrected chi connectivity index (χ4v) is 2.68. The molecule has 0 saturated carbocycles. The van der Waals surface area contributed by atoms with Crippen LogP contribution in [-0.4, -0.2) is 39.9 Å². The molecule has 102 valence electrons. The number of hydrazine groups is 1. The van der Waals surface area contributed by atoms with Crippen molar-refractivity contribution >= 4 is 11.8 Å². The van der Waals surface area contributed by atoms with Gasteiger partial charge in [-0.2, -0.15) is 0 Å². The molecule has 2 atom stereocenters. The van der Waals surface area contributed by atoms with Crippen molar-refractivity contribution in [2.24, 2.45) is 11.8 Å². The molecule has 0 aliphatic carbocycles. The summed E-state index contributed by atoms with van der Waals surface area (Å²) in [5.41, 5.74) is 0.236. The van der Waals surface area contributed by atoms with E-state index in [-0.39, 0.29) is 0 Å². The molecule has 0 aromatic heterocycles. The molecular formula is C11H19N3O4. The molecule has 7 nitrogen and oxygen atoms in total. The molecule has 2 saturated heterocycles. The van der Waals surface area contributed by atoms with E-state index in [0.717, 1.165) is 12.8 Å². The topological polar surface area (TPSA) is 105 Å². The minimum atomic E-state index is -1.73. The lowest BCUT2D eigenvalue weighted by Crippen LogP contribution is -2.58. The van der Waals surface area contributed by atoms with Gasteiger partial charge in [-0.15, -0.1) is 0 Å². The minimum absolute atomic E-state index is 0.311. The van der Waals surface area contributed by atoms with Crippen LogP contribution >= 0.6 is 0 Å². The number of nitrogens with two attached hydrogens (primary N) is 1. The minimum Gasteiger partial charge on any atom is -0.349 e. The first-order valence-electron chi connectivity index (χ1n) is 6.14. The van der Waals surface area contributed by atoms with E-state index in [2.05, 4.69) is 0 Å². The first-order valence-corrected chi connectivity index (χ1v) is 6.14. The third-order valence-corrected chi connectivity index (χ3v) is 3.72. The molecule has 2 heterocycles. The van der Waals surface area contributed by atoms with Crippen molar-refractivity contribution in [2.75, 3.05) is 6.54 Å². The van der Waals surface area contributed by atoms with Crippen LogP contribution in [0.2, 0.25) is 0 Å². The van der Waals surface area contributed by atoms with Crippen LogP contribution in [0.25, 0.3) is 0 Å². The molecule has 2 unspecified atom stereocenters. The Morgan fingerprint density at radius 3 is 2.72 bits per heavy atom. The van der Waals surface area contributed by atoms with E-state index < -0.39 is 29.2 Å². The second-order valence-electron chi connectivity index (χ2n) is 5.12. The van der Waals surface area contributed by atoms with Crippen LogP contribution in [0.3, 0.4) is 0 Å². The summed E-state index contributed by atoms with van der Waals surface area (Å²) < 4.78 is 5.51. The van der Waals surface area contributed by atoms with Crippen molar-refractivity contribution in [3.63, 3.8) is 0 Å². The Morgan fingerprint density at radius 1 is 1.56 bits per heavy atom. The summed E-state index contributed by atoms with van der Waals surface area (Å²) in [5, 5.41) is 10.4.